The Morgan fingerprint density at radius 1 is 0.103 bits per heavy atom. The zero-order valence-corrected chi connectivity index (χ0v) is 74.1. The molecular formula is C132H82N4. The second-order valence-electron chi connectivity index (χ2n) is 36.2. The first-order valence-electron chi connectivity index (χ1n) is 47.1. The Balaban J connectivity index is 0.737. The molecule has 24 aromatic carbocycles. The van der Waals surface area contributed by atoms with Crippen LogP contribution in [0.2, 0.25) is 0 Å². The van der Waals surface area contributed by atoms with Crippen LogP contribution in [-0.2, 0) is 0 Å². The van der Waals surface area contributed by atoms with E-state index >= 15 is 0 Å². The van der Waals surface area contributed by atoms with Gasteiger partial charge in [0, 0.05) is 65.8 Å². The van der Waals surface area contributed by atoms with Crippen LogP contribution >= 0.6 is 0 Å². The molecule has 0 fully saturated rings. The van der Waals surface area contributed by atoms with Crippen LogP contribution in [0.15, 0.2) is 497 Å². The third-order valence-corrected chi connectivity index (χ3v) is 29.0. The Bertz CT molecular complexity index is 9110. The molecule has 4 nitrogen and oxygen atoms in total. The molecule has 0 amide bonds. The monoisotopic (exact) mass is 1720 g/mol. The third kappa shape index (κ3) is 11.6. The molecule has 28 rings (SSSR count). The highest BCUT2D eigenvalue weighted by Crippen LogP contribution is 2.61. The molecule has 0 unspecified atom stereocenters. The Labute approximate surface area is 785 Å². The first kappa shape index (κ1) is 76.9. The van der Waals surface area contributed by atoms with Crippen molar-refractivity contribution in [1.82, 2.24) is 18.3 Å². The van der Waals surface area contributed by atoms with E-state index in [0.29, 0.717) is 0 Å². The minimum Gasteiger partial charge on any atom is -0.307 e. The average Bonchev–Trinajstić information content (AvgIpc) is 0.856. The van der Waals surface area contributed by atoms with Crippen molar-refractivity contribution < 1.29 is 0 Å². The summed E-state index contributed by atoms with van der Waals surface area (Å²) in [5.41, 5.74) is 36.9. The Morgan fingerprint density at radius 2 is 0.294 bits per heavy atom. The fraction of sp³-hybridized carbons (Fsp3) is 0. The molecular weight excluding hydrogens is 1640 g/mol. The van der Waals surface area contributed by atoms with Crippen molar-refractivity contribution in [2.24, 2.45) is 0 Å². The average molecular weight is 1720 g/mol. The molecule has 0 atom stereocenters. The fourth-order valence-corrected chi connectivity index (χ4v) is 23.5. The normalized spacial score (nSPS) is 12.0. The number of nitrogens with zero attached hydrogens (tertiary/aromatic N) is 4. The van der Waals surface area contributed by atoms with Crippen molar-refractivity contribution in [1.29, 1.82) is 0 Å². The number of rotatable bonds is 14. The molecule has 0 N–H and O–H groups in total. The lowest BCUT2D eigenvalue weighted by Crippen LogP contribution is -2.02. The summed E-state index contributed by atoms with van der Waals surface area (Å²) in [5, 5.41) is 21.7. The summed E-state index contributed by atoms with van der Waals surface area (Å²) >= 11 is 0. The SMILES string of the molecule is c1ccc(-c2c(-c3ccccc3)c(-c3ccccc3)c3c4cccc5c6c(-c7ccc(-c8ccc9c(c8)c8ccc%10c%11ccccc%11n(-c%11ccccc%11)c%10c8n9-c8ccccc8)cc7)c(-c7ccccc7)c(-c7ccccc7)c(-c7ccc(-c8ccc9c(c8)c8ccc%10c%11ccccc%11n(-c%11ccccc%11)c%10c8n9-c8ccccc8)cc7)c6c6cccc(c3c2-c2ccccc2)c6c45)cc1. The van der Waals surface area contributed by atoms with Crippen LogP contribution < -0.4 is 0 Å². The van der Waals surface area contributed by atoms with Gasteiger partial charge in [0.1, 0.15) is 0 Å². The number of fused-ring (bicyclic) bond motifs is 20. The van der Waals surface area contributed by atoms with Crippen molar-refractivity contribution in [2.45, 2.75) is 0 Å². The molecule has 136 heavy (non-hydrogen) atoms. The number of hydrogen-bond acceptors (Lipinski definition) is 0. The van der Waals surface area contributed by atoms with Gasteiger partial charge in [-0.25, -0.2) is 0 Å². The minimum atomic E-state index is 1.11. The van der Waals surface area contributed by atoms with Gasteiger partial charge >= 0.3 is 0 Å². The maximum Gasteiger partial charge on any atom is 0.0788 e. The van der Waals surface area contributed by atoms with E-state index in [0.717, 1.165) is 112 Å². The van der Waals surface area contributed by atoms with E-state index in [9.17, 15) is 0 Å². The quantitative estimate of drug-likeness (QED) is 0.0764. The first-order chi connectivity index (χ1) is 67.6. The van der Waals surface area contributed by atoms with Crippen LogP contribution in [0.3, 0.4) is 0 Å². The molecule has 0 spiro atoms. The van der Waals surface area contributed by atoms with Gasteiger partial charge in [0.15, 0.2) is 0 Å². The predicted octanol–water partition coefficient (Wildman–Crippen LogP) is 35.9. The summed E-state index contributed by atoms with van der Waals surface area (Å²) in [6, 6.07) is 187. The number of para-hydroxylation sites is 6. The molecule has 0 aliphatic heterocycles. The molecule has 4 heteroatoms. The maximum absolute atomic E-state index is 2.50. The minimum absolute atomic E-state index is 1.11. The Hall–Kier alpha value is -18.0. The molecule has 28 aromatic rings. The summed E-state index contributed by atoms with van der Waals surface area (Å²) < 4.78 is 9.96. The van der Waals surface area contributed by atoms with E-state index in [1.54, 1.807) is 0 Å². The fourth-order valence-electron chi connectivity index (χ4n) is 23.5. The van der Waals surface area contributed by atoms with Crippen LogP contribution in [-0.4, -0.2) is 18.3 Å². The van der Waals surface area contributed by atoms with E-state index in [1.165, 1.54) is 163 Å². The van der Waals surface area contributed by atoms with Gasteiger partial charge in [0.25, 0.3) is 0 Å². The van der Waals surface area contributed by atoms with Gasteiger partial charge in [-0.1, -0.05) is 413 Å². The van der Waals surface area contributed by atoms with Crippen molar-refractivity contribution in [2.75, 3.05) is 0 Å². The first-order valence-corrected chi connectivity index (χ1v) is 47.1. The van der Waals surface area contributed by atoms with Gasteiger partial charge in [-0.3, -0.25) is 0 Å². The topological polar surface area (TPSA) is 19.7 Å². The molecule has 0 aliphatic carbocycles. The summed E-state index contributed by atoms with van der Waals surface area (Å²) in [5.74, 6) is 0. The standard InChI is InChI=1S/C132H82N4/c1-11-37-85(38-12-1)115-116(86-39-13-2-14-40-86)120(90-47-21-6-22-48-90)126-106-60-36-62-108-124(106)123-105(125(126)119(115)89-45-19-5-20-46-89)59-35-61-107(123)127-121(91-69-65-83(66-70-91)93-73-79-113-109(81-93)103-77-75-101-99-57-31-33-63-111(99)133(95-49-23-7-24-50-95)129(101)131(103)135(113)97-53-27-9-28-54-97)117(87-41-15-3-16-42-87)118(88-43-17-4-18-44-88)122(128(108)127)92-71-67-84(68-72-92)94-74-80-114-110(82-94)104-78-76-102-100-58-32-34-64-112(100)134(96-51-25-8-26-52-96)130(102)132(104)136(114)98-55-29-10-30-56-98/h1-82H. The molecule has 0 saturated heterocycles. The van der Waals surface area contributed by atoms with Crippen LogP contribution in [0.5, 0.6) is 0 Å². The van der Waals surface area contributed by atoms with Crippen LogP contribution in [0.25, 0.3) is 275 Å². The largest absolute Gasteiger partial charge is 0.307 e. The highest BCUT2D eigenvalue weighted by Gasteiger charge is 2.34. The zero-order chi connectivity index (χ0) is 89.2. The molecule has 0 saturated carbocycles. The molecule has 0 radical (unpaired) electrons. The summed E-state index contributed by atoms with van der Waals surface area (Å²) in [6.45, 7) is 0. The summed E-state index contributed by atoms with van der Waals surface area (Å²) in [4.78, 5) is 0. The Kier molecular flexibility index (Phi) is 17.4. The van der Waals surface area contributed by atoms with Gasteiger partial charge in [0.2, 0.25) is 0 Å². The smallest absolute Gasteiger partial charge is 0.0788 e. The summed E-state index contributed by atoms with van der Waals surface area (Å²) in [7, 11) is 0. The van der Waals surface area contributed by atoms with Crippen LogP contribution in [0, 0.1) is 0 Å². The van der Waals surface area contributed by atoms with Crippen LogP contribution in [0.1, 0.15) is 0 Å². The molecule has 4 heterocycles. The number of aromatic nitrogens is 4. The van der Waals surface area contributed by atoms with Gasteiger partial charge in [-0.05, 0) is 250 Å². The van der Waals surface area contributed by atoms with E-state index in [4.69, 9.17) is 0 Å². The predicted molar refractivity (Wildman–Crippen MR) is 577 cm³/mol. The van der Waals surface area contributed by atoms with Crippen molar-refractivity contribution in [3.05, 3.63) is 497 Å². The van der Waals surface area contributed by atoms with E-state index < -0.39 is 0 Å². The highest BCUT2D eigenvalue weighted by molar-refractivity contribution is 6.47. The number of benzene rings is 24. The number of hydrogen-bond donors (Lipinski definition) is 0. The molecule has 0 bridgehead atoms. The van der Waals surface area contributed by atoms with Gasteiger partial charge in [-0.15, -0.1) is 0 Å². The highest BCUT2D eigenvalue weighted by atomic mass is 15.1. The van der Waals surface area contributed by atoms with E-state index in [-0.39, 0.29) is 0 Å². The van der Waals surface area contributed by atoms with Gasteiger partial charge in [0.05, 0.1) is 44.1 Å². The van der Waals surface area contributed by atoms with Gasteiger partial charge < -0.3 is 18.3 Å². The van der Waals surface area contributed by atoms with Crippen molar-refractivity contribution >= 4 is 141 Å². The maximum atomic E-state index is 2.50. The third-order valence-electron chi connectivity index (χ3n) is 29.0. The second-order valence-corrected chi connectivity index (χ2v) is 36.2. The lowest BCUT2D eigenvalue weighted by Gasteiger charge is -2.29. The van der Waals surface area contributed by atoms with E-state index in [1.807, 2.05) is 0 Å². The second kappa shape index (κ2) is 30.8. The lowest BCUT2D eigenvalue weighted by atomic mass is 9.73. The molecule has 4 aromatic heterocycles. The van der Waals surface area contributed by atoms with Gasteiger partial charge in [-0.2, -0.15) is 0 Å². The molecule has 0 aliphatic rings. The molecule has 630 valence electrons. The lowest BCUT2D eigenvalue weighted by molar-refractivity contribution is 1.15. The van der Waals surface area contributed by atoms with Crippen molar-refractivity contribution in [3.63, 3.8) is 0 Å². The van der Waals surface area contributed by atoms with Crippen molar-refractivity contribution in [3.8, 4) is 134 Å². The van der Waals surface area contributed by atoms with Crippen LogP contribution in [0.4, 0.5) is 0 Å². The Morgan fingerprint density at radius 3 is 0.559 bits per heavy atom. The van der Waals surface area contributed by atoms with E-state index in [2.05, 4.69) is 516 Å². The summed E-state index contributed by atoms with van der Waals surface area (Å²) in [6.07, 6.45) is 0. The zero-order valence-electron chi connectivity index (χ0n) is 74.1.